The number of carbonyl (C=O) groups is 1. The largest absolute Gasteiger partial charge is 0.337 e. The second kappa shape index (κ2) is 8.37. The quantitative estimate of drug-likeness (QED) is 0.710. The Balaban J connectivity index is 1.38. The fourth-order valence-corrected chi connectivity index (χ4v) is 5.48. The number of amides is 1. The van der Waals surface area contributed by atoms with E-state index in [2.05, 4.69) is 4.98 Å². The summed E-state index contributed by atoms with van der Waals surface area (Å²) < 4.78 is 53.6. The van der Waals surface area contributed by atoms with E-state index in [1.54, 1.807) is 17.3 Å². The Morgan fingerprint density at radius 1 is 1.03 bits per heavy atom. The second-order valence-corrected chi connectivity index (χ2v) is 9.41. The lowest BCUT2D eigenvalue weighted by Gasteiger charge is -2.36. The van der Waals surface area contributed by atoms with E-state index in [4.69, 9.17) is 0 Å². The summed E-state index contributed by atoms with van der Waals surface area (Å²) in [5.74, 6) is -1.84. The number of piperazine rings is 1. The molecule has 1 unspecified atom stereocenters. The van der Waals surface area contributed by atoms with Crippen molar-refractivity contribution in [2.75, 3.05) is 32.7 Å². The highest BCUT2D eigenvalue weighted by Crippen LogP contribution is 2.24. The zero-order valence-electron chi connectivity index (χ0n) is 16.2. The van der Waals surface area contributed by atoms with Gasteiger partial charge < -0.3 is 4.90 Å². The van der Waals surface area contributed by atoms with Crippen molar-refractivity contribution in [2.45, 2.75) is 23.9 Å². The van der Waals surface area contributed by atoms with Crippen LogP contribution in [0.1, 0.15) is 12.0 Å². The van der Waals surface area contributed by atoms with Gasteiger partial charge in [0, 0.05) is 57.7 Å². The van der Waals surface area contributed by atoms with Crippen LogP contribution in [0.15, 0.2) is 47.6 Å². The molecule has 7 nitrogen and oxygen atoms in total. The number of pyridine rings is 1. The normalized spacial score (nSPS) is 21.3. The minimum absolute atomic E-state index is 0.0300. The smallest absolute Gasteiger partial charge is 0.243 e. The molecule has 4 rings (SSSR count). The third kappa shape index (κ3) is 4.21. The molecule has 2 fully saturated rings. The predicted molar refractivity (Wildman–Crippen MR) is 105 cm³/mol. The molecular formula is C20H22F2N4O3S. The number of hydrogen-bond donors (Lipinski definition) is 0. The number of rotatable bonds is 5. The zero-order chi connectivity index (χ0) is 21.3. The fourth-order valence-electron chi connectivity index (χ4n) is 4.01. The maximum atomic E-state index is 13.5. The molecule has 0 spiro atoms. The van der Waals surface area contributed by atoms with Gasteiger partial charge in [0.15, 0.2) is 0 Å². The molecule has 1 aromatic carbocycles. The van der Waals surface area contributed by atoms with Gasteiger partial charge in [0.25, 0.3) is 0 Å². The second-order valence-electron chi connectivity index (χ2n) is 7.47. The van der Waals surface area contributed by atoms with E-state index in [9.17, 15) is 22.0 Å². The minimum Gasteiger partial charge on any atom is -0.337 e. The first-order chi connectivity index (χ1) is 14.3. The number of carbonyl (C=O) groups excluding carboxylic acids is 1. The Hall–Kier alpha value is -2.43. The maximum Gasteiger partial charge on any atom is 0.243 e. The van der Waals surface area contributed by atoms with Gasteiger partial charge in [-0.1, -0.05) is 6.07 Å². The van der Waals surface area contributed by atoms with Crippen LogP contribution < -0.4 is 0 Å². The Bertz CT molecular complexity index is 1010. The van der Waals surface area contributed by atoms with Gasteiger partial charge in [-0.25, -0.2) is 17.2 Å². The molecule has 1 aromatic heterocycles. The van der Waals surface area contributed by atoms with E-state index in [1.807, 2.05) is 17.0 Å². The minimum atomic E-state index is -3.99. The Labute approximate surface area is 174 Å². The molecule has 0 N–H and O–H groups in total. The van der Waals surface area contributed by atoms with Crippen LogP contribution in [-0.2, 0) is 21.4 Å². The van der Waals surface area contributed by atoms with E-state index >= 15 is 0 Å². The molecule has 10 heteroatoms. The molecule has 0 radical (unpaired) electrons. The van der Waals surface area contributed by atoms with Crippen LogP contribution in [-0.4, -0.2) is 72.2 Å². The van der Waals surface area contributed by atoms with Gasteiger partial charge in [-0.15, -0.1) is 0 Å². The number of nitrogens with zero attached hydrogens (tertiary/aromatic N) is 4. The molecule has 2 saturated heterocycles. The van der Waals surface area contributed by atoms with E-state index in [0.717, 1.165) is 17.7 Å². The van der Waals surface area contributed by atoms with Crippen LogP contribution in [0.5, 0.6) is 0 Å². The van der Waals surface area contributed by atoms with Gasteiger partial charge in [-0.3, -0.25) is 14.7 Å². The van der Waals surface area contributed by atoms with Crippen molar-refractivity contribution in [3.63, 3.8) is 0 Å². The summed E-state index contributed by atoms with van der Waals surface area (Å²) in [5, 5.41) is 0. The number of aromatic nitrogens is 1. The van der Waals surface area contributed by atoms with Crippen molar-refractivity contribution in [1.82, 2.24) is 19.1 Å². The first-order valence-electron chi connectivity index (χ1n) is 9.72. The van der Waals surface area contributed by atoms with Crippen LogP contribution in [0.25, 0.3) is 0 Å². The standard InChI is InChI=1S/C20H22F2N4O3S/c21-16-10-17(22)12-18(11-16)30(28,29)26-8-6-24(7-9-26)19-3-5-25(20(19)27)14-15-2-1-4-23-13-15/h1-2,4,10-13,19H,3,5-9,14H2. The molecule has 2 aliphatic rings. The van der Waals surface area contributed by atoms with Crippen LogP contribution in [0.2, 0.25) is 0 Å². The highest BCUT2D eigenvalue weighted by Gasteiger charge is 2.39. The molecule has 0 aliphatic carbocycles. The van der Waals surface area contributed by atoms with Gasteiger partial charge in [0.1, 0.15) is 11.6 Å². The highest BCUT2D eigenvalue weighted by molar-refractivity contribution is 7.89. The van der Waals surface area contributed by atoms with Crippen LogP contribution in [0.4, 0.5) is 8.78 Å². The summed E-state index contributed by atoms with van der Waals surface area (Å²) in [7, 11) is -3.99. The molecule has 30 heavy (non-hydrogen) atoms. The van der Waals surface area contributed by atoms with Crippen molar-refractivity contribution in [2.24, 2.45) is 0 Å². The van der Waals surface area contributed by atoms with Crippen molar-refractivity contribution in [3.8, 4) is 0 Å². The molecule has 160 valence electrons. The van der Waals surface area contributed by atoms with E-state index in [0.29, 0.717) is 38.7 Å². The molecule has 3 heterocycles. The van der Waals surface area contributed by atoms with Crippen molar-refractivity contribution >= 4 is 15.9 Å². The molecule has 0 bridgehead atoms. The van der Waals surface area contributed by atoms with E-state index < -0.39 is 26.6 Å². The Morgan fingerprint density at radius 2 is 1.73 bits per heavy atom. The summed E-state index contributed by atoms with van der Waals surface area (Å²) >= 11 is 0. The number of halogens is 2. The average molecular weight is 436 g/mol. The van der Waals surface area contributed by atoms with Gasteiger partial charge in [0.05, 0.1) is 10.9 Å². The summed E-state index contributed by atoms with van der Waals surface area (Å²) in [6.07, 6.45) is 4.10. The lowest BCUT2D eigenvalue weighted by molar-refractivity contribution is -0.133. The Kier molecular flexibility index (Phi) is 5.81. The Morgan fingerprint density at radius 3 is 2.37 bits per heavy atom. The molecule has 2 aromatic rings. The first-order valence-corrected chi connectivity index (χ1v) is 11.2. The van der Waals surface area contributed by atoms with E-state index in [1.165, 1.54) is 4.31 Å². The zero-order valence-corrected chi connectivity index (χ0v) is 17.1. The number of likely N-dealkylation sites (tertiary alicyclic amines) is 1. The summed E-state index contributed by atoms with van der Waals surface area (Å²) in [6.45, 7) is 2.23. The first kappa shape index (κ1) is 20.8. The molecule has 0 saturated carbocycles. The highest BCUT2D eigenvalue weighted by atomic mass is 32.2. The maximum absolute atomic E-state index is 13.5. The van der Waals surface area contributed by atoms with Gasteiger partial charge in [0.2, 0.25) is 15.9 Å². The molecule has 1 amide bonds. The van der Waals surface area contributed by atoms with Gasteiger partial charge in [-0.05, 0) is 30.2 Å². The number of hydrogen-bond acceptors (Lipinski definition) is 5. The summed E-state index contributed by atoms with van der Waals surface area (Å²) in [6, 6.07) is 5.76. The topological polar surface area (TPSA) is 73.8 Å². The van der Waals surface area contributed by atoms with E-state index in [-0.39, 0.29) is 25.0 Å². The summed E-state index contributed by atoms with van der Waals surface area (Å²) in [5.41, 5.74) is 0.963. The molecular weight excluding hydrogens is 414 g/mol. The average Bonchev–Trinajstić information content (AvgIpc) is 3.08. The van der Waals surface area contributed by atoms with Gasteiger partial charge >= 0.3 is 0 Å². The predicted octanol–water partition coefficient (Wildman–Crippen LogP) is 1.47. The monoisotopic (exact) mass is 436 g/mol. The van der Waals surface area contributed by atoms with Crippen LogP contribution in [0.3, 0.4) is 0 Å². The SMILES string of the molecule is O=C1C(N2CCN(S(=O)(=O)c3cc(F)cc(F)c3)CC2)CCN1Cc1cccnc1. The lowest BCUT2D eigenvalue weighted by Crippen LogP contribution is -2.53. The number of benzene rings is 1. The number of sulfonamides is 1. The van der Waals surface area contributed by atoms with Crippen molar-refractivity contribution in [3.05, 3.63) is 59.9 Å². The third-order valence-corrected chi connectivity index (χ3v) is 7.43. The molecule has 1 atom stereocenters. The lowest BCUT2D eigenvalue weighted by atomic mass is 10.2. The van der Waals surface area contributed by atoms with Gasteiger partial charge in [-0.2, -0.15) is 4.31 Å². The van der Waals surface area contributed by atoms with Crippen molar-refractivity contribution in [1.29, 1.82) is 0 Å². The summed E-state index contributed by atoms with van der Waals surface area (Å²) in [4.78, 5) is 20.3. The molecule has 2 aliphatic heterocycles. The van der Waals surface area contributed by atoms with Crippen LogP contribution in [0, 0.1) is 11.6 Å². The fraction of sp³-hybridized carbons (Fsp3) is 0.400. The third-order valence-electron chi connectivity index (χ3n) is 5.55. The van der Waals surface area contributed by atoms with Crippen LogP contribution >= 0.6 is 0 Å². The van der Waals surface area contributed by atoms with Crippen molar-refractivity contribution < 1.29 is 22.0 Å².